The second-order valence-corrected chi connectivity index (χ2v) is 7.06. The SMILES string of the molecule is CCOc1ccc(/C=C2/C(=O)C(C(=O)OC)=C(C)N2c2ccc(Cl)c(Cl)c2)cc1. The molecule has 0 bridgehead atoms. The lowest BCUT2D eigenvalue weighted by Gasteiger charge is -2.22. The molecule has 0 fully saturated rings. The first-order chi connectivity index (χ1) is 13.9. The lowest BCUT2D eigenvalue weighted by molar-refractivity contribution is -0.137. The van der Waals surface area contributed by atoms with Crippen molar-refractivity contribution in [3.05, 3.63) is 75.0 Å². The Morgan fingerprint density at radius 2 is 1.79 bits per heavy atom. The van der Waals surface area contributed by atoms with Crippen LogP contribution < -0.4 is 9.64 Å². The quantitative estimate of drug-likeness (QED) is 0.366. The van der Waals surface area contributed by atoms with E-state index in [1.54, 1.807) is 36.1 Å². The molecule has 2 aromatic carbocycles. The predicted molar refractivity (Wildman–Crippen MR) is 114 cm³/mol. The number of carbonyl (C=O) groups is 2. The summed E-state index contributed by atoms with van der Waals surface area (Å²) in [4.78, 5) is 27.0. The van der Waals surface area contributed by atoms with Crippen LogP contribution in [-0.2, 0) is 14.3 Å². The number of nitrogens with zero attached hydrogens (tertiary/aromatic N) is 1. The fourth-order valence-corrected chi connectivity index (χ4v) is 3.39. The van der Waals surface area contributed by atoms with Gasteiger partial charge < -0.3 is 14.4 Å². The summed E-state index contributed by atoms with van der Waals surface area (Å²) in [5.74, 6) is -0.375. The van der Waals surface area contributed by atoms with E-state index in [1.807, 2.05) is 31.2 Å². The van der Waals surface area contributed by atoms with Crippen molar-refractivity contribution in [2.24, 2.45) is 0 Å². The van der Waals surface area contributed by atoms with Crippen LogP contribution in [-0.4, -0.2) is 25.5 Å². The summed E-state index contributed by atoms with van der Waals surface area (Å²) >= 11 is 12.2. The number of Topliss-reactive ketones (excluding diaryl/α,β-unsaturated/α-hetero) is 1. The second kappa shape index (κ2) is 8.72. The fourth-order valence-electron chi connectivity index (χ4n) is 3.10. The van der Waals surface area contributed by atoms with Crippen LogP contribution in [0.3, 0.4) is 0 Å². The number of esters is 1. The number of methoxy groups -OCH3 is 1. The molecule has 3 rings (SSSR count). The molecule has 0 aliphatic carbocycles. The van der Waals surface area contributed by atoms with Gasteiger partial charge in [-0.3, -0.25) is 4.79 Å². The molecule has 1 aliphatic rings. The van der Waals surface area contributed by atoms with E-state index in [0.717, 1.165) is 11.3 Å². The molecule has 150 valence electrons. The summed E-state index contributed by atoms with van der Waals surface area (Å²) in [5.41, 5.74) is 2.14. The van der Waals surface area contributed by atoms with Crippen LogP contribution in [0.1, 0.15) is 19.4 Å². The highest BCUT2D eigenvalue weighted by atomic mass is 35.5. The van der Waals surface area contributed by atoms with Crippen molar-refractivity contribution in [1.82, 2.24) is 0 Å². The van der Waals surface area contributed by atoms with Crippen LogP contribution in [0.4, 0.5) is 5.69 Å². The third-order valence-electron chi connectivity index (χ3n) is 4.44. The largest absolute Gasteiger partial charge is 0.494 e. The molecule has 5 nitrogen and oxygen atoms in total. The summed E-state index contributed by atoms with van der Waals surface area (Å²) in [7, 11) is 1.24. The molecule has 0 saturated heterocycles. The molecule has 7 heteroatoms. The van der Waals surface area contributed by atoms with Gasteiger partial charge in [0.25, 0.3) is 0 Å². The molecule has 1 aliphatic heterocycles. The number of hydrogen-bond donors (Lipinski definition) is 0. The van der Waals surface area contributed by atoms with Crippen molar-refractivity contribution in [2.75, 3.05) is 18.6 Å². The van der Waals surface area contributed by atoms with E-state index in [4.69, 9.17) is 32.7 Å². The number of benzene rings is 2. The van der Waals surface area contributed by atoms with Crippen LogP contribution in [0.15, 0.2) is 59.4 Å². The number of allylic oxidation sites excluding steroid dienone is 2. The maximum Gasteiger partial charge on any atom is 0.343 e. The van der Waals surface area contributed by atoms with Crippen molar-refractivity contribution in [3.8, 4) is 5.75 Å². The van der Waals surface area contributed by atoms with Gasteiger partial charge >= 0.3 is 5.97 Å². The smallest absolute Gasteiger partial charge is 0.343 e. The third-order valence-corrected chi connectivity index (χ3v) is 5.18. The normalized spacial score (nSPS) is 15.3. The topological polar surface area (TPSA) is 55.8 Å². The van der Waals surface area contributed by atoms with Gasteiger partial charge in [0, 0.05) is 11.4 Å². The molecule has 0 amide bonds. The van der Waals surface area contributed by atoms with Gasteiger partial charge in [0.05, 0.1) is 29.5 Å². The molecule has 0 radical (unpaired) electrons. The number of ether oxygens (including phenoxy) is 2. The molecule has 1 heterocycles. The summed E-state index contributed by atoms with van der Waals surface area (Å²) in [5, 5.41) is 0.740. The summed E-state index contributed by atoms with van der Waals surface area (Å²) in [6, 6.07) is 12.3. The lowest BCUT2D eigenvalue weighted by Crippen LogP contribution is -2.18. The number of rotatable bonds is 5. The van der Waals surface area contributed by atoms with Gasteiger partial charge in [-0.2, -0.15) is 0 Å². The van der Waals surface area contributed by atoms with E-state index >= 15 is 0 Å². The van der Waals surface area contributed by atoms with E-state index < -0.39 is 11.8 Å². The van der Waals surface area contributed by atoms with Gasteiger partial charge in [-0.15, -0.1) is 0 Å². The van der Waals surface area contributed by atoms with Gasteiger partial charge in [-0.05, 0) is 55.8 Å². The number of carbonyl (C=O) groups excluding carboxylic acids is 2. The first-order valence-corrected chi connectivity index (χ1v) is 9.66. The van der Waals surface area contributed by atoms with Gasteiger partial charge in [-0.25, -0.2) is 4.79 Å². The summed E-state index contributed by atoms with van der Waals surface area (Å²) in [6.45, 7) is 4.16. The zero-order valence-corrected chi connectivity index (χ0v) is 17.7. The molecule has 0 atom stereocenters. The molecule has 0 aromatic heterocycles. The van der Waals surface area contributed by atoms with Crippen molar-refractivity contribution < 1.29 is 19.1 Å². The summed E-state index contributed by atoms with van der Waals surface area (Å²) in [6.07, 6.45) is 1.71. The number of halogens is 2. The van der Waals surface area contributed by atoms with E-state index in [9.17, 15) is 9.59 Å². The minimum Gasteiger partial charge on any atom is -0.494 e. The maximum absolute atomic E-state index is 13.1. The maximum atomic E-state index is 13.1. The Kier molecular flexibility index (Phi) is 6.30. The first kappa shape index (κ1) is 21.0. The van der Waals surface area contributed by atoms with Crippen molar-refractivity contribution >= 4 is 46.7 Å². The fraction of sp³-hybridized carbons (Fsp3) is 0.182. The van der Waals surface area contributed by atoms with Crippen LogP contribution in [0, 0.1) is 0 Å². The third kappa shape index (κ3) is 4.16. The van der Waals surface area contributed by atoms with Gasteiger partial charge in [0.1, 0.15) is 11.3 Å². The highest BCUT2D eigenvalue weighted by molar-refractivity contribution is 6.42. The van der Waals surface area contributed by atoms with E-state index in [0.29, 0.717) is 33.7 Å². The van der Waals surface area contributed by atoms with Crippen LogP contribution in [0.25, 0.3) is 6.08 Å². The Bertz CT molecular complexity index is 1030. The molecule has 0 unspecified atom stereocenters. The minimum atomic E-state index is -0.687. The molecule has 0 N–H and O–H groups in total. The summed E-state index contributed by atoms with van der Waals surface area (Å²) < 4.78 is 10.3. The van der Waals surface area contributed by atoms with Crippen molar-refractivity contribution in [2.45, 2.75) is 13.8 Å². The van der Waals surface area contributed by atoms with E-state index in [2.05, 4.69) is 0 Å². The minimum absolute atomic E-state index is 0.0178. The van der Waals surface area contributed by atoms with Gasteiger partial charge in [-0.1, -0.05) is 35.3 Å². The predicted octanol–water partition coefficient (Wildman–Crippen LogP) is 5.27. The Morgan fingerprint density at radius 3 is 2.38 bits per heavy atom. The molecular formula is C22H19Cl2NO4. The van der Waals surface area contributed by atoms with Crippen LogP contribution in [0.5, 0.6) is 5.75 Å². The lowest BCUT2D eigenvalue weighted by atomic mass is 10.1. The Hall–Kier alpha value is -2.76. The Balaban J connectivity index is 2.10. The first-order valence-electron chi connectivity index (χ1n) is 8.91. The van der Waals surface area contributed by atoms with Crippen molar-refractivity contribution in [1.29, 1.82) is 0 Å². The zero-order valence-electron chi connectivity index (χ0n) is 16.2. The molecule has 0 saturated carbocycles. The Morgan fingerprint density at radius 1 is 1.10 bits per heavy atom. The molecule has 2 aromatic rings. The second-order valence-electron chi connectivity index (χ2n) is 6.25. The number of hydrogen-bond acceptors (Lipinski definition) is 5. The zero-order chi connectivity index (χ0) is 21.1. The van der Waals surface area contributed by atoms with Crippen LogP contribution in [0.2, 0.25) is 10.0 Å². The van der Waals surface area contributed by atoms with E-state index in [-0.39, 0.29) is 5.57 Å². The van der Waals surface area contributed by atoms with Crippen LogP contribution >= 0.6 is 23.2 Å². The average molecular weight is 432 g/mol. The van der Waals surface area contributed by atoms with E-state index in [1.165, 1.54) is 7.11 Å². The average Bonchev–Trinajstić information content (AvgIpc) is 2.95. The number of anilines is 1. The molecular weight excluding hydrogens is 413 g/mol. The van der Waals surface area contributed by atoms with Gasteiger partial charge in [0.15, 0.2) is 0 Å². The number of ketones is 1. The van der Waals surface area contributed by atoms with Gasteiger partial charge in [0.2, 0.25) is 5.78 Å². The Labute approximate surface area is 179 Å². The highest BCUT2D eigenvalue weighted by Gasteiger charge is 2.38. The standard InChI is InChI=1S/C22H19Cl2NO4/c1-4-29-16-8-5-14(6-9-16)11-19-21(26)20(22(27)28-3)13(2)25(19)15-7-10-17(23)18(24)12-15/h5-12H,4H2,1-3H3/b19-11-. The monoisotopic (exact) mass is 431 g/mol. The highest BCUT2D eigenvalue weighted by Crippen LogP contribution is 2.38. The molecule has 29 heavy (non-hydrogen) atoms. The molecule has 0 spiro atoms. The van der Waals surface area contributed by atoms with Crippen molar-refractivity contribution in [3.63, 3.8) is 0 Å².